The molecule has 2 aromatic carbocycles. The normalized spacial score (nSPS) is 13.7. The van der Waals surface area contributed by atoms with Gasteiger partial charge in [-0.15, -0.1) is 0 Å². The summed E-state index contributed by atoms with van der Waals surface area (Å²) in [5.41, 5.74) is 2.26. The van der Waals surface area contributed by atoms with Crippen molar-refractivity contribution in [3.8, 4) is 5.75 Å². The summed E-state index contributed by atoms with van der Waals surface area (Å²) in [5.74, 6) is -0.268. The topological polar surface area (TPSA) is 71.5 Å². The molecule has 0 saturated heterocycles. The number of hydrogen-bond donors (Lipinski definition) is 1. The lowest BCUT2D eigenvalue weighted by Crippen LogP contribution is -2.32. The summed E-state index contributed by atoms with van der Waals surface area (Å²) < 4.78 is 5.37. The van der Waals surface area contributed by atoms with E-state index in [-0.39, 0.29) is 17.8 Å². The lowest BCUT2D eigenvalue weighted by atomic mass is 10.0. The van der Waals surface area contributed by atoms with Gasteiger partial charge in [-0.05, 0) is 42.0 Å². The molecule has 0 saturated carbocycles. The Bertz CT molecular complexity index is 1130. The van der Waals surface area contributed by atoms with Gasteiger partial charge in [0.15, 0.2) is 0 Å². The van der Waals surface area contributed by atoms with Crippen LogP contribution in [0.4, 0.5) is 5.69 Å². The molecule has 3 aromatic rings. The van der Waals surface area contributed by atoms with E-state index in [1.807, 2.05) is 18.2 Å². The summed E-state index contributed by atoms with van der Waals surface area (Å²) in [6, 6.07) is 19.4. The standard InChI is InChI=1S/C23H18ClN3O3/c1-30-19-8-3-2-7-18(19)26-21-20(15-9-11-16(24)12-10-15)22(28)27(23(21)29)14-17-6-4-5-13-25-17/h2-13,26H,14H2,1H3. The van der Waals surface area contributed by atoms with E-state index in [9.17, 15) is 9.59 Å². The van der Waals surface area contributed by atoms with Crippen molar-refractivity contribution in [3.05, 3.63) is 94.9 Å². The molecule has 2 amide bonds. The number of anilines is 1. The minimum absolute atomic E-state index is 0.0761. The van der Waals surface area contributed by atoms with Gasteiger partial charge in [0.25, 0.3) is 11.8 Å². The number of nitrogens with one attached hydrogen (secondary N) is 1. The van der Waals surface area contributed by atoms with Crippen molar-refractivity contribution in [2.45, 2.75) is 6.54 Å². The molecule has 30 heavy (non-hydrogen) atoms. The molecule has 4 rings (SSSR count). The van der Waals surface area contributed by atoms with Crippen molar-refractivity contribution in [3.63, 3.8) is 0 Å². The van der Waals surface area contributed by atoms with Crippen LogP contribution in [0.3, 0.4) is 0 Å². The number of nitrogens with zero attached hydrogens (tertiary/aromatic N) is 2. The third kappa shape index (κ3) is 3.77. The molecular weight excluding hydrogens is 402 g/mol. The first-order valence-electron chi connectivity index (χ1n) is 9.25. The molecule has 7 heteroatoms. The number of para-hydroxylation sites is 2. The van der Waals surface area contributed by atoms with Gasteiger partial charge in [-0.1, -0.05) is 41.9 Å². The summed E-state index contributed by atoms with van der Waals surface area (Å²) >= 11 is 6.01. The Morgan fingerprint density at radius 2 is 1.70 bits per heavy atom. The predicted octanol–water partition coefficient (Wildman–Crippen LogP) is 4.14. The van der Waals surface area contributed by atoms with Crippen molar-refractivity contribution in [2.24, 2.45) is 0 Å². The molecule has 0 aliphatic carbocycles. The van der Waals surface area contributed by atoms with Gasteiger partial charge in [-0.3, -0.25) is 19.5 Å². The second kappa shape index (κ2) is 8.39. The Morgan fingerprint density at radius 1 is 0.967 bits per heavy atom. The number of ether oxygens (including phenoxy) is 1. The largest absolute Gasteiger partial charge is 0.495 e. The average molecular weight is 420 g/mol. The van der Waals surface area contributed by atoms with Crippen molar-refractivity contribution in [1.82, 2.24) is 9.88 Å². The van der Waals surface area contributed by atoms with E-state index in [0.717, 1.165) is 0 Å². The molecule has 1 N–H and O–H groups in total. The van der Waals surface area contributed by atoms with E-state index in [4.69, 9.17) is 16.3 Å². The number of hydrogen-bond acceptors (Lipinski definition) is 5. The number of benzene rings is 2. The Morgan fingerprint density at radius 3 is 2.40 bits per heavy atom. The van der Waals surface area contributed by atoms with Crippen molar-refractivity contribution < 1.29 is 14.3 Å². The van der Waals surface area contributed by atoms with Crippen LogP contribution in [0.5, 0.6) is 5.75 Å². The predicted molar refractivity (Wildman–Crippen MR) is 115 cm³/mol. The molecular formula is C23H18ClN3O3. The van der Waals surface area contributed by atoms with Crippen molar-refractivity contribution in [2.75, 3.05) is 12.4 Å². The maximum absolute atomic E-state index is 13.3. The van der Waals surface area contributed by atoms with E-state index in [1.165, 1.54) is 4.90 Å². The van der Waals surface area contributed by atoms with E-state index in [2.05, 4.69) is 10.3 Å². The summed E-state index contributed by atoms with van der Waals surface area (Å²) in [4.78, 5) is 32.0. The second-order valence-corrected chi connectivity index (χ2v) is 7.04. The summed E-state index contributed by atoms with van der Waals surface area (Å²) in [7, 11) is 1.55. The number of pyridine rings is 1. The van der Waals surface area contributed by atoms with Crippen LogP contribution in [-0.4, -0.2) is 28.8 Å². The molecule has 6 nitrogen and oxygen atoms in total. The van der Waals surface area contributed by atoms with Crippen LogP contribution in [0.2, 0.25) is 5.02 Å². The Balaban J connectivity index is 1.77. The number of halogens is 1. The highest BCUT2D eigenvalue weighted by molar-refractivity contribution is 6.36. The molecule has 0 unspecified atom stereocenters. The zero-order chi connectivity index (χ0) is 21.1. The first-order chi connectivity index (χ1) is 14.6. The zero-order valence-corrected chi connectivity index (χ0v) is 16.9. The fourth-order valence-corrected chi connectivity index (χ4v) is 3.38. The van der Waals surface area contributed by atoms with Gasteiger partial charge in [0.05, 0.1) is 30.6 Å². The zero-order valence-electron chi connectivity index (χ0n) is 16.1. The summed E-state index contributed by atoms with van der Waals surface area (Å²) in [5, 5.41) is 3.65. The van der Waals surface area contributed by atoms with Crippen LogP contribution >= 0.6 is 11.6 Å². The van der Waals surface area contributed by atoms with E-state index >= 15 is 0 Å². The second-order valence-electron chi connectivity index (χ2n) is 6.60. The third-order valence-electron chi connectivity index (χ3n) is 4.71. The Kier molecular flexibility index (Phi) is 5.50. The number of aromatic nitrogens is 1. The van der Waals surface area contributed by atoms with Gasteiger partial charge in [0.1, 0.15) is 11.4 Å². The number of carbonyl (C=O) groups is 2. The van der Waals surface area contributed by atoms with Crippen LogP contribution in [0.15, 0.2) is 78.6 Å². The lowest BCUT2D eigenvalue weighted by Gasteiger charge is -2.15. The molecule has 0 atom stereocenters. The van der Waals surface area contributed by atoms with Gasteiger partial charge in [-0.2, -0.15) is 0 Å². The fraction of sp³-hybridized carbons (Fsp3) is 0.0870. The SMILES string of the molecule is COc1ccccc1NC1=C(c2ccc(Cl)cc2)C(=O)N(Cc2ccccn2)C1=O. The van der Waals surface area contributed by atoms with Crippen LogP contribution in [0.25, 0.3) is 5.57 Å². The van der Waals surface area contributed by atoms with Gasteiger partial charge >= 0.3 is 0 Å². The first kappa shape index (κ1) is 19.7. The summed E-state index contributed by atoms with van der Waals surface area (Å²) in [6.07, 6.45) is 1.63. The molecule has 150 valence electrons. The highest BCUT2D eigenvalue weighted by Gasteiger charge is 2.39. The van der Waals surface area contributed by atoms with Gasteiger partial charge < -0.3 is 10.1 Å². The molecule has 0 bridgehead atoms. The van der Waals surface area contributed by atoms with E-state index in [1.54, 1.807) is 61.8 Å². The minimum Gasteiger partial charge on any atom is -0.495 e. The molecule has 1 aromatic heterocycles. The quantitative estimate of drug-likeness (QED) is 0.608. The molecule has 2 heterocycles. The first-order valence-corrected chi connectivity index (χ1v) is 9.62. The highest BCUT2D eigenvalue weighted by atomic mass is 35.5. The minimum atomic E-state index is -0.429. The van der Waals surface area contributed by atoms with Gasteiger partial charge in [-0.25, -0.2) is 0 Å². The number of methoxy groups -OCH3 is 1. The average Bonchev–Trinajstić information content (AvgIpc) is 3.00. The summed E-state index contributed by atoms with van der Waals surface area (Å²) in [6.45, 7) is 0.0761. The number of imide groups is 1. The number of rotatable bonds is 6. The van der Waals surface area contributed by atoms with E-state index < -0.39 is 11.8 Å². The van der Waals surface area contributed by atoms with Crippen LogP contribution in [0.1, 0.15) is 11.3 Å². The van der Waals surface area contributed by atoms with Gasteiger partial charge in [0, 0.05) is 11.2 Å². The maximum Gasteiger partial charge on any atom is 0.278 e. The Hall–Kier alpha value is -3.64. The number of carbonyl (C=O) groups excluding carboxylic acids is 2. The monoisotopic (exact) mass is 419 g/mol. The maximum atomic E-state index is 13.3. The highest BCUT2D eigenvalue weighted by Crippen LogP contribution is 2.34. The fourth-order valence-electron chi connectivity index (χ4n) is 3.26. The third-order valence-corrected chi connectivity index (χ3v) is 4.97. The molecule has 1 aliphatic rings. The molecule has 1 aliphatic heterocycles. The lowest BCUT2D eigenvalue weighted by molar-refractivity contribution is -0.137. The van der Waals surface area contributed by atoms with Crippen molar-refractivity contribution in [1.29, 1.82) is 0 Å². The smallest absolute Gasteiger partial charge is 0.278 e. The number of amides is 2. The van der Waals surface area contributed by atoms with Gasteiger partial charge in [0.2, 0.25) is 0 Å². The van der Waals surface area contributed by atoms with E-state index in [0.29, 0.717) is 27.7 Å². The molecule has 0 radical (unpaired) electrons. The molecule has 0 spiro atoms. The Labute approximate surface area is 178 Å². The van der Waals surface area contributed by atoms with Crippen molar-refractivity contribution >= 4 is 34.7 Å². The van der Waals surface area contributed by atoms with Crippen LogP contribution in [0, 0.1) is 0 Å². The van der Waals surface area contributed by atoms with Crippen LogP contribution < -0.4 is 10.1 Å². The van der Waals surface area contributed by atoms with Crippen LogP contribution in [-0.2, 0) is 16.1 Å². The molecule has 0 fully saturated rings.